The summed E-state index contributed by atoms with van der Waals surface area (Å²) in [6.45, 7) is 7.05. The Morgan fingerprint density at radius 3 is 2.62 bits per heavy atom. The molecule has 0 bridgehead atoms. The van der Waals surface area contributed by atoms with Gasteiger partial charge in [-0.05, 0) is 69.9 Å². The van der Waals surface area contributed by atoms with Crippen LogP contribution in [0.4, 0.5) is 11.6 Å². The molecule has 2 heterocycles. The van der Waals surface area contributed by atoms with Gasteiger partial charge in [0.1, 0.15) is 5.69 Å². The van der Waals surface area contributed by atoms with Crippen LogP contribution in [0.3, 0.4) is 0 Å². The fourth-order valence-corrected chi connectivity index (χ4v) is 3.59. The van der Waals surface area contributed by atoms with E-state index >= 15 is 0 Å². The van der Waals surface area contributed by atoms with Gasteiger partial charge in [-0.2, -0.15) is 0 Å². The summed E-state index contributed by atoms with van der Waals surface area (Å²) in [6, 6.07) is 8.72. The summed E-state index contributed by atoms with van der Waals surface area (Å²) in [7, 11) is 0. The number of hydrogen-bond donors (Lipinski definition) is 1. The number of rotatable bonds is 6. The van der Waals surface area contributed by atoms with Gasteiger partial charge in [0.05, 0.1) is 12.2 Å². The minimum absolute atomic E-state index is 0.300. The number of aryl methyl sites for hydroxylation is 1. The molecule has 1 aromatic heterocycles. The number of carbonyl (C=O) groups excluding carboxylic acids is 2. The number of hydrogen-bond acceptors (Lipinski definition) is 6. The molecule has 1 aliphatic heterocycles. The van der Waals surface area contributed by atoms with E-state index < -0.39 is 0 Å². The van der Waals surface area contributed by atoms with Crippen molar-refractivity contribution in [3.63, 3.8) is 0 Å². The van der Waals surface area contributed by atoms with Gasteiger partial charge in [-0.1, -0.05) is 6.92 Å². The number of esters is 1. The molecule has 1 aromatic carbocycles. The molecule has 1 N–H and O–H groups in total. The van der Waals surface area contributed by atoms with E-state index in [9.17, 15) is 9.59 Å². The predicted octanol–water partition coefficient (Wildman–Crippen LogP) is 3.98. The highest BCUT2D eigenvalue weighted by Gasteiger charge is 2.24. The van der Waals surface area contributed by atoms with Gasteiger partial charge in [0.25, 0.3) is 5.91 Å². The number of ether oxygens (including phenoxy) is 1. The smallest absolute Gasteiger partial charge is 0.338 e. The first-order chi connectivity index (χ1) is 14.0. The Morgan fingerprint density at radius 1 is 1.17 bits per heavy atom. The lowest BCUT2D eigenvalue weighted by Gasteiger charge is -2.35. The highest BCUT2D eigenvalue weighted by molar-refractivity contribution is 6.03. The van der Waals surface area contributed by atoms with Crippen LogP contribution in [-0.2, 0) is 4.74 Å². The average molecular weight is 396 g/mol. The minimum Gasteiger partial charge on any atom is -0.462 e. The second-order valence-corrected chi connectivity index (χ2v) is 7.20. The van der Waals surface area contributed by atoms with Gasteiger partial charge >= 0.3 is 5.97 Å². The van der Waals surface area contributed by atoms with Crippen LogP contribution in [0.25, 0.3) is 0 Å². The minimum atomic E-state index is -0.381. The van der Waals surface area contributed by atoms with Gasteiger partial charge in [-0.15, -0.1) is 0 Å². The molecule has 1 saturated heterocycles. The van der Waals surface area contributed by atoms with Gasteiger partial charge in [0.15, 0.2) is 0 Å². The summed E-state index contributed by atoms with van der Waals surface area (Å²) in [5.74, 6) is -0.0569. The van der Waals surface area contributed by atoms with E-state index in [-0.39, 0.29) is 11.9 Å². The molecule has 0 radical (unpaired) electrons. The van der Waals surface area contributed by atoms with E-state index in [1.165, 1.54) is 6.42 Å². The van der Waals surface area contributed by atoms with Crippen molar-refractivity contribution in [3.05, 3.63) is 47.3 Å². The first kappa shape index (κ1) is 20.8. The van der Waals surface area contributed by atoms with Crippen LogP contribution in [0.15, 0.2) is 30.3 Å². The van der Waals surface area contributed by atoms with E-state index in [4.69, 9.17) is 4.74 Å². The molecule has 3 rings (SSSR count). The van der Waals surface area contributed by atoms with Crippen LogP contribution >= 0.6 is 0 Å². The Hall–Kier alpha value is -2.96. The number of anilines is 2. The summed E-state index contributed by atoms with van der Waals surface area (Å²) in [5, 5.41) is 2.84. The molecule has 7 heteroatoms. The van der Waals surface area contributed by atoms with Crippen molar-refractivity contribution in [2.24, 2.45) is 0 Å². The van der Waals surface area contributed by atoms with Gasteiger partial charge in [-0.25, -0.2) is 14.8 Å². The topological polar surface area (TPSA) is 84.4 Å². The Kier molecular flexibility index (Phi) is 6.80. The molecule has 154 valence electrons. The number of nitrogens with zero attached hydrogens (tertiary/aromatic N) is 3. The number of benzene rings is 1. The van der Waals surface area contributed by atoms with Crippen molar-refractivity contribution in [1.82, 2.24) is 9.97 Å². The summed E-state index contributed by atoms with van der Waals surface area (Å²) < 4.78 is 4.97. The Balaban J connectivity index is 1.75. The molecule has 1 fully saturated rings. The maximum absolute atomic E-state index is 12.8. The Bertz CT molecular complexity index is 867. The van der Waals surface area contributed by atoms with Gasteiger partial charge in [0.2, 0.25) is 5.95 Å². The molecule has 2 aromatic rings. The standard InChI is InChI=1S/C22H28N4O3/c1-4-18-8-6-7-13-26(18)22-23-15(3)14-19(25-22)20(27)24-17-11-9-16(10-12-17)21(28)29-5-2/h9-12,14,18H,4-8,13H2,1-3H3,(H,24,27). The molecule has 7 nitrogen and oxygen atoms in total. The van der Waals surface area contributed by atoms with Gasteiger partial charge in [-0.3, -0.25) is 4.79 Å². The molecule has 0 saturated carbocycles. The third kappa shape index (κ3) is 5.10. The molecule has 1 aliphatic rings. The van der Waals surface area contributed by atoms with Crippen LogP contribution in [0.1, 0.15) is 66.1 Å². The number of carbonyl (C=O) groups is 2. The zero-order valence-electron chi connectivity index (χ0n) is 17.3. The molecule has 0 spiro atoms. The van der Waals surface area contributed by atoms with E-state index in [1.54, 1.807) is 37.3 Å². The number of amides is 1. The fourth-order valence-electron chi connectivity index (χ4n) is 3.59. The fraction of sp³-hybridized carbons (Fsp3) is 0.455. The van der Waals surface area contributed by atoms with Crippen molar-refractivity contribution >= 4 is 23.5 Å². The first-order valence-electron chi connectivity index (χ1n) is 10.2. The van der Waals surface area contributed by atoms with Crippen LogP contribution in [0.5, 0.6) is 0 Å². The summed E-state index contributed by atoms with van der Waals surface area (Å²) in [5.41, 5.74) is 2.13. The van der Waals surface area contributed by atoms with E-state index in [0.717, 1.165) is 31.5 Å². The largest absolute Gasteiger partial charge is 0.462 e. The normalized spacial score (nSPS) is 16.4. The molecule has 1 amide bonds. The highest BCUT2D eigenvalue weighted by Crippen LogP contribution is 2.24. The van der Waals surface area contributed by atoms with Crippen molar-refractivity contribution in [3.8, 4) is 0 Å². The van der Waals surface area contributed by atoms with Crippen LogP contribution in [-0.4, -0.2) is 41.0 Å². The predicted molar refractivity (Wildman–Crippen MR) is 112 cm³/mol. The monoisotopic (exact) mass is 396 g/mol. The highest BCUT2D eigenvalue weighted by atomic mass is 16.5. The Labute approximate surface area is 171 Å². The molecule has 29 heavy (non-hydrogen) atoms. The molecule has 1 unspecified atom stereocenters. The summed E-state index contributed by atoms with van der Waals surface area (Å²) in [4.78, 5) is 35.9. The zero-order valence-corrected chi connectivity index (χ0v) is 17.3. The lowest BCUT2D eigenvalue weighted by Crippen LogP contribution is -2.40. The average Bonchev–Trinajstić information content (AvgIpc) is 2.74. The lowest BCUT2D eigenvalue weighted by molar-refractivity contribution is 0.0526. The summed E-state index contributed by atoms with van der Waals surface area (Å²) >= 11 is 0. The van der Waals surface area contributed by atoms with Gasteiger partial charge in [0, 0.05) is 24.0 Å². The molecular formula is C22H28N4O3. The number of nitrogens with one attached hydrogen (secondary N) is 1. The maximum atomic E-state index is 12.8. The molecular weight excluding hydrogens is 368 g/mol. The van der Waals surface area contributed by atoms with E-state index in [0.29, 0.717) is 35.5 Å². The lowest BCUT2D eigenvalue weighted by atomic mass is 10.0. The first-order valence-corrected chi connectivity index (χ1v) is 10.2. The number of aromatic nitrogens is 2. The van der Waals surface area contributed by atoms with Crippen molar-refractivity contribution in [2.75, 3.05) is 23.4 Å². The third-order valence-corrected chi connectivity index (χ3v) is 5.08. The number of piperidine rings is 1. The SMILES string of the molecule is CCOC(=O)c1ccc(NC(=O)c2cc(C)nc(N3CCCCC3CC)n2)cc1. The van der Waals surface area contributed by atoms with Crippen molar-refractivity contribution in [1.29, 1.82) is 0 Å². The second kappa shape index (κ2) is 9.49. The van der Waals surface area contributed by atoms with Crippen LogP contribution < -0.4 is 10.2 Å². The van der Waals surface area contributed by atoms with Crippen molar-refractivity contribution < 1.29 is 14.3 Å². The molecule has 0 aliphatic carbocycles. The van der Waals surface area contributed by atoms with Crippen molar-refractivity contribution in [2.45, 2.75) is 52.5 Å². The van der Waals surface area contributed by atoms with E-state index in [1.807, 2.05) is 6.92 Å². The maximum Gasteiger partial charge on any atom is 0.338 e. The Morgan fingerprint density at radius 2 is 1.93 bits per heavy atom. The van der Waals surface area contributed by atoms with Gasteiger partial charge < -0.3 is 15.0 Å². The van der Waals surface area contributed by atoms with Crippen LogP contribution in [0.2, 0.25) is 0 Å². The van der Waals surface area contributed by atoms with E-state index in [2.05, 4.69) is 27.1 Å². The third-order valence-electron chi connectivity index (χ3n) is 5.08. The quantitative estimate of drug-likeness (QED) is 0.744. The van der Waals surface area contributed by atoms with Crippen LogP contribution in [0, 0.1) is 6.92 Å². The second-order valence-electron chi connectivity index (χ2n) is 7.20. The summed E-state index contributed by atoms with van der Waals surface area (Å²) in [6.07, 6.45) is 4.49. The zero-order chi connectivity index (χ0) is 20.8. The molecule has 1 atom stereocenters.